The summed E-state index contributed by atoms with van der Waals surface area (Å²) in [7, 11) is 1.53. The Bertz CT molecular complexity index is 1270. The molecule has 1 atom stereocenters. The van der Waals surface area contributed by atoms with Crippen molar-refractivity contribution in [1.29, 1.82) is 0 Å². The van der Waals surface area contributed by atoms with Gasteiger partial charge in [0, 0.05) is 11.3 Å². The largest absolute Gasteiger partial charge is 0.495 e. The van der Waals surface area contributed by atoms with Gasteiger partial charge < -0.3 is 19.7 Å². The number of aryl methyl sites for hydroxylation is 1. The molecule has 0 saturated carbocycles. The summed E-state index contributed by atoms with van der Waals surface area (Å²) in [5.74, 6) is 0.225. The van der Waals surface area contributed by atoms with E-state index in [1.54, 1.807) is 40.9 Å². The minimum atomic E-state index is -2.91. The SMILES string of the molecule is COc1ccc2ncc(C(=O)Nc3cc(-c4noc(C[C@@H](O)C(F)F)n4)ccc3C)n2c1. The zero-order chi connectivity index (χ0) is 22.8. The Labute approximate surface area is 180 Å². The smallest absolute Gasteiger partial charge is 0.274 e. The van der Waals surface area contributed by atoms with Crippen LogP contribution in [0.25, 0.3) is 17.0 Å². The van der Waals surface area contributed by atoms with Crippen molar-refractivity contribution in [2.75, 3.05) is 12.4 Å². The van der Waals surface area contributed by atoms with E-state index in [0.717, 1.165) is 5.56 Å². The molecule has 0 aliphatic rings. The molecule has 0 unspecified atom stereocenters. The van der Waals surface area contributed by atoms with Crippen LogP contribution >= 0.6 is 0 Å². The zero-order valence-electron chi connectivity index (χ0n) is 17.1. The molecular formula is C21H19F2N5O4. The second-order valence-corrected chi connectivity index (χ2v) is 7.04. The molecule has 0 fully saturated rings. The molecule has 0 saturated heterocycles. The van der Waals surface area contributed by atoms with E-state index >= 15 is 0 Å². The third-order valence-electron chi connectivity index (χ3n) is 4.83. The number of amides is 1. The van der Waals surface area contributed by atoms with Gasteiger partial charge in [-0.05, 0) is 30.7 Å². The number of halogens is 2. The molecule has 32 heavy (non-hydrogen) atoms. The summed E-state index contributed by atoms with van der Waals surface area (Å²) in [5, 5.41) is 15.9. The predicted octanol–water partition coefficient (Wildman–Crippen LogP) is 3.12. The van der Waals surface area contributed by atoms with E-state index < -0.39 is 19.0 Å². The predicted molar refractivity (Wildman–Crippen MR) is 110 cm³/mol. The van der Waals surface area contributed by atoms with Crippen molar-refractivity contribution in [2.24, 2.45) is 0 Å². The van der Waals surface area contributed by atoms with Crippen molar-refractivity contribution < 1.29 is 27.9 Å². The number of methoxy groups -OCH3 is 1. The van der Waals surface area contributed by atoms with Crippen LogP contribution in [0.15, 0.2) is 47.2 Å². The molecule has 4 aromatic rings. The highest BCUT2D eigenvalue weighted by atomic mass is 19.3. The number of rotatable bonds is 7. The van der Waals surface area contributed by atoms with Crippen molar-refractivity contribution in [1.82, 2.24) is 19.5 Å². The van der Waals surface area contributed by atoms with E-state index in [-0.39, 0.29) is 17.6 Å². The van der Waals surface area contributed by atoms with Crippen LogP contribution in [0, 0.1) is 6.92 Å². The summed E-state index contributed by atoms with van der Waals surface area (Å²) < 4.78 is 36.8. The van der Waals surface area contributed by atoms with Gasteiger partial charge in [-0.15, -0.1) is 0 Å². The lowest BCUT2D eigenvalue weighted by atomic mass is 10.1. The first-order valence-corrected chi connectivity index (χ1v) is 9.58. The number of ether oxygens (including phenoxy) is 1. The molecule has 0 radical (unpaired) electrons. The number of benzene rings is 1. The topological polar surface area (TPSA) is 115 Å². The lowest BCUT2D eigenvalue weighted by molar-refractivity contribution is -0.00754. The Morgan fingerprint density at radius 1 is 1.31 bits per heavy atom. The highest BCUT2D eigenvalue weighted by Crippen LogP contribution is 2.25. The Morgan fingerprint density at radius 3 is 2.88 bits per heavy atom. The number of anilines is 1. The average molecular weight is 443 g/mol. The second kappa shape index (κ2) is 8.71. The van der Waals surface area contributed by atoms with Crippen LogP contribution in [0.3, 0.4) is 0 Å². The molecule has 3 aromatic heterocycles. The highest BCUT2D eigenvalue weighted by molar-refractivity contribution is 6.04. The first-order chi connectivity index (χ1) is 15.4. The number of aromatic nitrogens is 4. The molecule has 9 nitrogen and oxygen atoms in total. The van der Waals surface area contributed by atoms with Gasteiger partial charge in [0.1, 0.15) is 23.2 Å². The van der Waals surface area contributed by atoms with Gasteiger partial charge in [-0.3, -0.25) is 9.20 Å². The molecule has 166 valence electrons. The zero-order valence-corrected chi connectivity index (χ0v) is 17.1. The molecular weight excluding hydrogens is 424 g/mol. The Hall–Kier alpha value is -3.86. The van der Waals surface area contributed by atoms with Crippen LogP contribution in [0.1, 0.15) is 21.9 Å². The summed E-state index contributed by atoms with van der Waals surface area (Å²) in [4.78, 5) is 21.2. The minimum Gasteiger partial charge on any atom is -0.495 e. The Balaban J connectivity index is 1.57. The quantitative estimate of drug-likeness (QED) is 0.451. The molecule has 1 aromatic carbocycles. The van der Waals surface area contributed by atoms with Crippen LogP contribution in [-0.2, 0) is 6.42 Å². The Kier molecular flexibility index (Phi) is 5.82. The van der Waals surface area contributed by atoms with Gasteiger partial charge in [-0.25, -0.2) is 13.8 Å². The number of imidazole rings is 1. The number of pyridine rings is 1. The van der Waals surface area contributed by atoms with E-state index in [1.165, 1.54) is 13.3 Å². The van der Waals surface area contributed by atoms with Gasteiger partial charge in [0.15, 0.2) is 0 Å². The lowest BCUT2D eigenvalue weighted by Crippen LogP contribution is -2.20. The van der Waals surface area contributed by atoms with Crippen molar-refractivity contribution in [3.63, 3.8) is 0 Å². The van der Waals surface area contributed by atoms with E-state index in [4.69, 9.17) is 9.26 Å². The second-order valence-electron chi connectivity index (χ2n) is 7.04. The van der Waals surface area contributed by atoms with E-state index in [0.29, 0.717) is 28.3 Å². The third kappa shape index (κ3) is 4.28. The van der Waals surface area contributed by atoms with Gasteiger partial charge in [0.05, 0.1) is 25.9 Å². The van der Waals surface area contributed by atoms with Crippen molar-refractivity contribution >= 4 is 17.2 Å². The summed E-state index contributed by atoms with van der Waals surface area (Å²) in [6.07, 6.45) is -2.14. The molecule has 0 spiro atoms. The maximum atomic E-state index is 12.9. The first-order valence-electron chi connectivity index (χ1n) is 9.58. The molecule has 0 aliphatic heterocycles. The fourth-order valence-corrected chi connectivity index (χ4v) is 3.05. The molecule has 2 N–H and O–H groups in total. The fraction of sp³-hybridized carbons (Fsp3) is 0.238. The maximum Gasteiger partial charge on any atom is 0.274 e. The number of hydrogen-bond acceptors (Lipinski definition) is 7. The lowest BCUT2D eigenvalue weighted by Gasteiger charge is -2.10. The number of nitrogens with one attached hydrogen (secondary N) is 1. The number of alkyl halides is 2. The Morgan fingerprint density at radius 2 is 2.12 bits per heavy atom. The normalized spacial score (nSPS) is 12.3. The number of nitrogens with zero attached hydrogens (tertiary/aromatic N) is 4. The van der Waals surface area contributed by atoms with Crippen molar-refractivity contribution in [3.05, 3.63) is 59.9 Å². The number of carbonyl (C=O) groups excluding carboxylic acids is 1. The molecule has 11 heteroatoms. The number of hydrogen-bond donors (Lipinski definition) is 2. The van der Waals surface area contributed by atoms with Crippen molar-refractivity contribution in [3.8, 4) is 17.1 Å². The summed E-state index contributed by atoms with van der Waals surface area (Å²) >= 11 is 0. The van der Waals surface area contributed by atoms with Gasteiger partial charge in [-0.2, -0.15) is 4.98 Å². The molecule has 3 heterocycles. The molecule has 1 amide bonds. The molecule has 4 rings (SSSR count). The van der Waals surface area contributed by atoms with Crippen LogP contribution in [0.2, 0.25) is 0 Å². The number of aliphatic hydroxyl groups excluding tert-OH is 1. The standard InChI is InChI=1S/C21H19F2N5O4/c1-11-3-4-12(20-26-18(32-27-20)8-16(29)19(22)23)7-14(11)25-21(30)15-9-24-17-6-5-13(31-2)10-28(15)17/h3-7,9-10,16,19,29H,8H2,1-2H3,(H,25,30)/t16-/m1/s1. The maximum absolute atomic E-state index is 12.9. The van der Waals surface area contributed by atoms with E-state index in [9.17, 15) is 18.7 Å². The highest BCUT2D eigenvalue weighted by Gasteiger charge is 2.21. The molecule has 0 aliphatic carbocycles. The van der Waals surface area contributed by atoms with Gasteiger partial charge in [0.2, 0.25) is 11.7 Å². The van der Waals surface area contributed by atoms with Gasteiger partial charge in [-0.1, -0.05) is 17.3 Å². The van der Waals surface area contributed by atoms with E-state index in [1.807, 2.05) is 6.92 Å². The van der Waals surface area contributed by atoms with Gasteiger partial charge in [0.25, 0.3) is 12.3 Å². The fourth-order valence-electron chi connectivity index (χ4n) is 3.05. The van der Waals surface area contributed by atoms with Crippen LogP contribution in [-0.4, -0.2) is 50.2 Å². The van der Waals surface area contributed by atoms with Gasteiger partial charge >= 0.3 is 0 Å². The monoisotopic (exact) mass is 443 g/mol. The first kappa shape index (κ1) is 21.4. The van der Waals surface area contributed by atoms with Crippen LogP contribution in [0.5, 0.6) is 5.75 Å². The number of fused-ring (bicyclic) bond motifs is 1. The number of carbonyl (C=O) groups is 1. The summed E-state index contributed by atoms with van der Waals surface area (Å²) in [6, 6.07) is 8.60. The van der Waals surface area contributed by atoms with E-state index in [2.05, 4.69) is 20.4 Å². The summed E-state index contributed by atoms with van der Waals surface area (Å²) in [6.45, 7) is 1.82. The summed E-state index contributed by atoms with van der Waals surface area (Å²) in [5.41, 5.74) is 2.69. The van der Waals surface area contributed by atoms with Crippen LogP contribution in [0.4, 0.5) is 14.5 Å². The third-order valence-corrected chi connectivity index (χ3v) is 4.83. The average Bonchev–Trinajstić information content (AvgIpc) is 3.41. The van der Waals surface area contributed by atoms with Crippen LogP contribution < -0.4 is 10.1 Å². The molecule has 0 bridgehead atoms. The minimum absolute atomic E-state index is 0.112. The van der Waals surface area contributed by atoms with Crippen molar-refractivity contribution in [2.45, 2.75) is 25.9 Å². The number of aliphatic hydroxyl groups is 1.